The molecule has 1 aromatic rings. The van der Waals surface area contributed by atoms with Gasteiger partial charge in [0.05, 0.1) is 0 Å². The van der Waals surface area contributed by atoms with Gasteiger partial charge in [-0.3, -0.25) is 4.79 Å². The van der Waals surface area contributed by atoms with Gasteiger partial charge in [0.15, 0.2) is 0 Å². The number of fused-ring (bicyclic) bond motifs is 1. The summed E-state index contributed by atoms with van der Waals surface area (Å²) in [4.78, 5) is 14.4. The Balaban J connectivity index is 1.68. The molecule has 1 N–H and O–H groups in total. The lowest BCUT2D eigenvalue weighted by Crippen LogP contribution is -2.25. The molecule has 0 radical (unpaired) electrons. The lowest BCUT2D eigenvalue weighted by Gasteiger charge is -2.17. The first kappa shape index (κ1) is 13.4. The smallest absolute Gasteiger partial charge is 0.252 e. The second-order valence-corrected chi connectivity index (χ2v) is 5.35. The summed E-state index contributed by atoms with van der Waals surface area (Å²) in [5.41, 5.74) is 5.12. The maximum Gasteiger partial charge on any atom is 0.252 e. The number of hydrogen-bond donors (Lipinski definition) is 1. The summed E-state index contributed by atoms with van der Waals surface area (Å²) in [5.74, 6) is -0.0234. The van der Waals surface area contributed by atoms with E-state index in [1.807, 2.05) is 62.7 Å². The highest BCUT2D eigenvalue weighted by Crippen LogP contribution is 2.31. The fourth-order valence-electron chi connectivity index (χ4n) is 2.65. The largest absolute Gasteiger partial charge is 0.377 e. The normalized spacial score (nSPS) is 15.2. The van der Waals surface area contributed by atoms with E-state index < -0.39 is 0 Å². The third-order valence-electron chi connectivity index (χ3n) is 3.73. The van der Waals surface area contributed by atoms with Crippen molar-refractivity contribution >= 4 is 11.6 Å². The maximum absolute atomic E-state index is 12.3. The van der Waals surface area contributed by atoms with Crippen LogP contribution in [0.5, 0.6) is 0 Å². The van der Waals surface area contributed by atoms with Crippen LogP contribution in [0, 0.1) is 0 Å². The Bertz CT molecular complexity index is 706. The highest BCUT2D eigenvalue weighted by atomic mass is 16.1. The molecule has 0 bridgehead atoms. The zero-order chi connectivity index (χ0) is 14.8. The number of allylic oxidation sites excluding steroid dienone is 6. The lowest BCUT2D eigenvalue weighted by molar-refractivity contribution is -0.117. The Kier molecular flexibility index (Phi) is 3.48. The summed E-state index contributed by atoms with van der Waals surface area (Å²) in [6.07, 6.45) is 9.85. The Morgan fingerprint density at radius 3 is 2.76 bits per heavy atom. The molecule has 2 aliphatic rings. The van der Waals surface area contributed by atoms with E-state index >= 15 is 0 Å². The number of carbonyl (C=O) groups excluding carboxylic acids is 1. The molecular weight excluding hydrogens is 260 g/mol. The predicted molar refractivity (Wildman–Crippen MR) is 86.0 cm³/mol. The molecule has 1 amide bonds. The van der Waals surface area contributed by atoms with Crippen molar-refractivity contribution < 1.29 is 4.79 Å². The van der Waals surface area contributed by atoms with Crippen LogP contribution >= 0.6 is 0 Å². The molecule has 2 aliphatic carbocycles. The van der Waals surface area contributed by atoms with Gasteiger partial charge in [0.1, 0.15) is 0 Å². The van der Waals surface area contributed by atoms with Gasteiger partial charge >= 0.3 is 0 Å². The molecule has 0 fully saturated rings. The topological polar surface area (TPSA) is 32.3 Å². The summed E-state index contributed by atoms with van der Waals surface area (Å²) in [6.45, 7) is 0.528. The molecule has 106 valence electrons. The molecule has 21 heavy (non-hydrogen) atoms. The van der Waals surface area contributed by atoms with Gasteiger partial charge in [0.25, 0.3) is 5.91 Å². The zero-order valence-corrected chi connectivity index (χ0v) is 12.3. The van der Waals surface area contributed by atoms with Gasteiger partial charge in [-0.15, -0.1) is 0 Å². The van der Waals surface area contributed by atoms with Crippen LogP contribution in [0.25, 0.3) is 0 Å². The molecule has 0 aromatic heterocycles. The van der Waals surface area contributed by atoms with Gasteiger partial charge in [0.2, 0.25) is 0 Å². The highest BCUT2D eigenvalue weighted by molar-refractivity contribution is 6.01. The minimum atomic E-state index is -0.0234. The lowest BCUT2D eigenvalue weighted by atomic mass is 10.1. The molecule has 0 unspecified atom stereocenters. The first-order chi connectivity index (χ1) is 10.2. The molecule has 0 atom stereocenters. The van der Waals surface area contributed by atoms with Crippen molar-refractivity contribution in [3.8, 4) is 0 Å². The van der Waals surface area contributed by atoms with Crippen molar-refractivity contribution in [2.75, 3.05) is 19.0 Å². The van der Waals surface area contributed by atoms with Crippen LogP contribution in [0.3, 0.4) is 0 Å². The van der Waals surface area contributed by atoms with E-state index in [4.69, 9.17) is 0 Å². The summed E-state index contributed by atoms with van der Waals surface area (Å²) >= 11 is 0. The van der Waals surface area contributed by atoms with Crippen LogP contribution in [-0.2, 0) is 11.3 Å². The number of benzene rings is 1. The molecule has 3 rings (SSSR count). The molecule has 3 heteroatoms. The van der Waals surface area contributed by atoms with Crippen molar-refractivity contribution in [3.63, 3.8) is 0 Å². The monoisotopic (exact) mass is 278 g/mol. The Morgan fingerprint density at radius 1 is 1.14 bits per heavy atom. The molecule has 0 saturated heterocycles. The third kappa shape index (κ3) is 2.55. The Morgan fingerprint density at radius 2 is 1.95 bits per heavy atom. The fraction of sp³-hybridized carbons (Fsp3) is 0.167. The first-order valence-electron chi connectivity index (χ1n) is 7.01. The molecule has 0 aliphatic heterocycles. The second-order valence-electron chi connectivity index (χ2n) is 5.35. The van der Waals surface area contributed by atoms with Crippen molar-refractivity contribution in [1.29, 1.82) is 0 Å². The standard InChI is InChI=1S/C18H18N2O/c1-20(2)17-9-4-3-6-14(17)12-19-18(21)16-11-10-13-7-5-8-15(13)16/h3-11H,12H2,1-2H3,(H,19,21). The summed E-state index contributed by atoms with van der Waals surface area (Å²) < 4.78 is 0. The van der Waals surface area contributed by atoms with Gasteiger partial charge in [-0.2, -0.15) is 0 Å². The average Bonchev–Trinajstić information content (AvgIpc) is 3.07. The predicted octanol–water partition coefficient (Wildman–Crippen LogP) is 2.73. The second kappa shape index (κ2) is 5.44. The van der Waals surface area contributed by atoms with E-state index in [0.29, 0.717) is 6.54 Å². The zero-order valence-electron chi connectivity index (χ0n) is 12.3. The van der Waals surface area contributed by atoms with Gasteiger partial charge < -0.3 is 10.2 Å². The van der Waals surface area contributed by atoms with Crippen LogP contribution in [0.1, 0.15) is 5.56 Å². The molecule has 0 heterocycles. The number of rotatable bonds is 4. The van der Waals surface area contributed by atoms with Crippen LogP contribution < -0.4 is 10.2 Å². The van der Waals surface area contributed by atoms with E-state index in [1.54, 1.807) is 0 Å². The number of para-hydroxylation sites is 1. The minimum absolute atomic E-state index is 0.0234. The molecular formula is C18H18N2O. The maximum atomic E-state index is 12.3. The summed E-state index contributed by atoms with van der Waals surface area (Å²) in [6, 6.07) is 8.09. The molecule has 0 saturated carbocycles. The Labute approximate surface area is 125 Å². The number of anilines is 1. The quantitative estimate of drug-likeness (QED) is 0.918. The third-order valence-corrected chi connectivity index (χ3v) is 3.73. The number of carbonyl (C=O) groups is 1. The van der Waals surface area contributed by atoms with E-state index in [-0.39, 0.29) is 5.91 Å². The average molecular weight is 278 g/mol. The SMILES string of the molecule is CN(C)c1ccccc1CNC(=O)C1=CC=C2C=CC=C21. The molecule has 3 nitrogen and oxygen atoms in total. The van der Waals surface area contributed by atoms with E-state index in [1.165, 1.54) is 0 Å². The van der Waals surface area contributed by atoms with Crippen LogP contribution in [0.2, 0.25) is 0 Å². The van der Waals surface area contributed by atoms with E-state index in [9.17, 15) is 4.79 Å². The summed E-state index contributed by atoms with van der Waals surface area (Å²) in [7, 11) is 4.01. The van der Waals surface area contributed by atoms with Crippen LogP contribution in [0.15, 0.2) is 71.4 Å². The fourth-order valence-corrected chi connectivity index (χ4v) is 2.65. The number of amides is 1. The van der Waals surface area contributed by atoms with Gasteiger partial charge in [-0.05, 0) is 28.9 Å². The van der Waals surface area contributed by atoms with Gasteiger partial charge in [-0.25, -0.2) is 0 Å². The van der Waals surface area contributed by atoms with E-state index in [2.05, 4.69) is 16.3 Å². The van der Waals surface area contributed by atoms with Gasteiger partial charge in [-0.1, -0.05) is 42.5 Å². The van der Waals surface area contributed by atoms with Crippen molar-refractivity contribution in [1.82, 2.24) is 5.32 Å². The van der Waals surface area contributed by atoms with E-state index in [0.717, 1.165) is 28.0 Å². The van der Waals surface area contributed by atoms with Crippen LogP contribution in [-0.4, -0.2) is 20.0 Å². The van der Waals surface area contributed by atoms with Crippen LogP contribution in [0.4, 0.5) is 5.69 Å². The molecule has 0 spiro atoms. The number of hydrogen-bond acceptors (Lipinski definition) is 2. The minimum Gasteiger partial charge on any atom is -0.377 e. The summed E-state index contributed by atoms with van der Waals surface area (Å²) in [5, 5.41) is 3.01. The Hall–Kier alpha value is -2.55. The van der Waals surface area contributed by atoms with Gasteiger partial charge in [0, 0.05) is 31.9 Å². The molecule has 1 aromatic carbocycles. The number of nitrogens with zero attached hydrogens (tertiary/aromatic N) is 1. The first-order valence-corrected chi connectivity index (χ1v) is 7.01. The number of nitrogens with one attached hydrogen (secondary N) is 1. The highest BCUT2D eigenvalue weighted by Gasteiger charge is 2.21. The van der Waals surface area contributed by atoms with Crippen molar-refractivity contribution in [3.05, 3.63) is 76.9 Å². The van der Waals surface area contributed by atoms with Crippen molar-refractivity contribution in [2.24, 2.45) is 0 Å². The van der Waals surface area contributed by atoms with Crippen molar-refractivity contribution in [2.45, 2.75) is 6.54 Å².